The third kappa shape index (κ3) is 2.23. The molecule has 0 unspecified atom stereocenters. The molecular weight excluding hydrogens is 229 g/mol. The van der Waals surface area contributed by atoms with Crippen molar-refractivity contribution in [2.24, 2.45) is 0 Å². The van der Waals surface area contributed by atoms with E-state index in [0.717, 1.165) is 5.52 Å². The zero-order chi connectivity index (χ0) is 6.81. The molecule has 2 N–H and O–H groups in total. The van der Waals surface area contributed by atoms with E-state index in [-0.39, 0.29) is 31.7 Å². The standard InChI is InChI=1S/C9H6N.H2O.Zr/c1-2-6-9-8(4-1)5-3-7-10-9;;/h1-6H;1H2;/q-1;;. The molecule has 0 spiro atoms. The first-order chi connectivity index (χ1) is 4.97. The molecule has 2 nitrogen and oxygen atoms in total. The van der Waals surface area contributed by atoms with Crippen molar-refractivity contribution < 1.29 is 31.7 Å². The fraction of sp³-hybridized carbons (Fsp3) is 0. The third-order valence-electron chi connectivity index (χ3n) is 1.46. The van der Waals surface area contributed by atoms with Gasteiger partial charge in [0.05, 0.1) is 0 Å². The maximum atomic E-state index is 4.06. The van der Waals surface area contributed by atoms with Crippen molar-refractivity contribution in [2.45, 2.75) is 0 Å². The van der Waals surface area contributed by atoms with Gasteiger partial charge in [0.15, 0.2) is 0 Å². The van der Waals surface area contributed by atoms with Gasteiger partial charge in [-0.1, -0.05) is 30.5 Å². The van der Waals surface area contributed by atoms with Crippen molar-refractivity contribution in [3.63, 3.8) is 0 Å². The average molecular weight is 237 g/mol. The first-order valence-electron chi connectivity index (χ1n) is 3.19. The first-order valence-corrected chi connectivity index (χ1v) is 3.19. The monoisotopic (exact) mass is 236 g/mol. The summed E-state index contributed by atoms with van der Waals surface area (Å²) in [6.07, 6.45) is 2.79. The molecule has 0 bridgehead atoms. The Labute approximate surface area is 90.1 Å². The molecule has 0 saturated heterocycles. The van der Waals surface area contributed by atoms with E-state index < -0.39 is 0 Å². The normalized spacial score (nSPS) is 8.33. The third-order valence-corrected chi connectivity index (χ3v) is 1.46. The Morgan fingerprint density at radius 1 is 1.08 bits per heavy atom. The summed E-state index contributed by atoms with van der Waals surface area (Å²) >= 11 is 0. The summed E-state index contributed by atoms with van der Waals surface area (Å²) in [5.74, 6) is 0. The van der Waals surface area contributed by atoms with Crippen molar-refractivity contribution in [1.29, 1.82) is 0 Å². The van der Waals surface area contributed by atoms with Crippen LogP contribution in [0.1, 0.15) is 0 Å². The average Bonchev–Trinajstić information content (AvgIpc) is 2.05. The van der Waals surface area contributed by atoms with E-state index in [1.165, 1.54) is 5.39 Å². The van der Waals surface area contributed by atoms with Crippen LogP contribution in [0.4, 0.5) is 0 Å². The van der Waals surface area contributed by atoms with Crippen LogP contribution in [0, 0.1) is 6.20 Å². The Kier molecular flexibility index (Phi) is 4.95. The molecule has 2 aromatic rings. The quantitative estimate of drug-likeness (QED) is 0.635. The van der Waals surface area contributed by atoms with Crippen molar-refractivity contribution in [3.05, 3.63) is 42.6 Å². The van der Waals surface area contributed by atoms with Crippen LogP contribution in [0.15, 0.2) is 36.4 Å². The second kappa shape index (κ2) is 5.18. The van der Waals surface area contributed by atoms with Crippen molar-refractivity contribution in [3.8, 4) is 0 Å². The van der Waals surface area contributed by atoms with Crippen LogP contribution >= 0.6 is 0 Å². The van der Waals surface area contributed by atoms with Gasteiger partial charge in [-0.05, 0) is 5.52 Å². The Morgan fingerprint density at radius 3 is 2.58 bits per heavy atom. The molecule has 0 saturated carbocycles. The smallest absolute Gasteiger partial charge is 0 e. The van der Waals surface area contributed by atoms with Crippen molar-refractivity contribution in [1.82, 2.24) is 4.98 Å². The molecule has 1 aromatic heterocycles. The summed E-state index contributed by atoms with van der Waals surface area (Å²) in [5, 5.41) is 1.17. The van der Waals surface area contributed by atoms with Crippen LogP contribution in [0.3, 0.4) is 0 Å². The second-order valence-corrected chi connectivity index (χ2v) is 2.13. The minimum atomic E-state index is 0. The second-order valence-electron chi connectivity index (χ2n) is 2.13. The molecule has 0 aliphatic carbocycles. The summed E-state index contributed by atoms with van der Waals surface area (Å²) in [4.78, 5) is 4.06. The Balaban J connectivity index is 0.000000605. The molecule has 3 heteroatoms. The molecule has 1 heterocycles. The Hall–Kier alpha value is -0.527. The van der Waals surface area contributed by atoms with Gasteiger partial charge in [-0.3, -0.25) is 0 Å². The van der Waals surface area contributed by atoms with Crippen LogP contribution in [0.5, 0.6) is 0 Å². The fourth-order valence-corrected chi connectivity index (χ4v) is 0.964. The van der Waals surface area contributed by atoms with Gasteiger partial charge in [-0.25, -0.2) is 0 Å². The van der Waals surface area contributed by atoms with E-state index in [0.29, 0.717) is 0 Å². The molecule has 0 fully saturated rings. The van der Waals surface area contributed by atoms with Crippen LogP contribution in [0.2, 0.25) is 0 Å². The predicted octanol–water partition coefficient (Wildman–Crippen LogP) is 1.21. The topological polar surface area (TPSA) is 44.4 Å². The summed E-state index contributed by atoms with van der Waals surface area (Å²) in [6.45, 7) is 0. The predicted molar refractivity (Wildman–Crippen MR) is 44.2 cm³/mol. The number of hydrogen-bond acceptors (Lipinski definition) is 1. The van der Waals surface area contributed by atoms with E-state index in [4.69, 9.17) is 0 Å². The van der Waals surface area contributed by atoms with Gasteiger partial charge in [0.1, 0.15) is 0 Å². The zero-order valence-corrected chi connectivity index (χ0v) is 8.87. The van der Waals surface area contributed by atoms with E-state index in [9.17, 15) is 0 Å². The zero-order valence-electron chi connectivity index (χ0n) is 6.41. The molecule has 2 rings (SSSR count). The van der Waals surface area contributed by atoms with E-state index in [2.05, 4.69) is 11.2 Å². The number of fused-ring (bicyclic) bond motifs is 1. The van der Waals surface area contributed by atoms with Gasteiger partial charge in [0, 0.05) is 26.2 Å². The molecule has 0 amide bonds. The number of para-hydroxylation sites is 1. The van der Waals surface area contributed by atoms with Gasteiger partial charge >= 0.3 is 0 Å². The number of aromatic nitrogens is 1. The molecule has 1 aromatic carbocycles. The number of hydrogen-bond donors (Lipinski definition) is 0. The molecule has 0 radical (unpaired) electrons. The maximum Gasteiger partial charge on any atom is 0 e. The largest absolute Gasteiger partial charge is 0.412 e. The summed E-state index contributed by atoms with van der Waals surface area (Å²) < 4.78 is 0. The number of pyridine rings is 1. The van der Waals surface area contributed by atoms with Crippen molar-refractivity contribution >= 4 is 10.9 Å². The van der Waals surface area contributed by atoms with E-state index in [1.54, 1.807) is 0 Å². The summed E-state index contributed by atoms with van der Waals surface area (Å²) in [5.41, 5.74) is 1.00. The minimum Gasteiger partial charge on any atom is -0.412 e. The van der Waals surface area contributed by atoms with Gasteiger partial charge in [0.2, 0.25) is 0 Å². The first kappa shape index (κ1) is 11.5. The SMILES string of the molecule is O.[Zr].[c-]1ccc2ccccc2n1. The minimum absolute atomic E-state index is 0. The number of rotatable bonds is 0. The maximum absolute atomic E-state index is 4.06. The van der Waals surface area contributed by atoms with E-state index in [1.807, 2.05) is 36.4 Å². The van der Waals surface area contributed by atoms with Crippen LogP contribution < -0.4 is 0 Å². The molecule has 0 aliphatic heterocycles. The molecule has 0 aliphatic rings. The van der Waals surface area contributed by atoms with Crippen LogP contribution in [-0.4, -0.2) is 10.5 Å². The van der Waals surface area contributed by atoms with Crippen molar-refractivity contribution in [2.75, 3.05) is 0 Å². The number of benzene rings is 1. The Bertz CT molecular complexity index is 286. The van der Waals surface area contributed by atoms with Crippen LogP contribution in [-0.2, 0) is 26.2 Å². The fourth-order valence-electron chi connectivity index (χ4n) is 0.964. The number of nitrogens with zero attached hydrogens (tertiary/aromatic N) is 1. The molecule has 60 valence electrons. The van der Waals surface area contributed by atoms with E-state index >= 15 is 0 Å². The molecule has 12 heavy (non-hydrogen) atoms. The Morgan fingerprint density at radius 2 is 1.83 bits per heavy atom. The summed E-state index contributed by atoms with van der Waals surface area (Å²) in [6, 6.07) is 11.8. The van der Waals surface area contributed by atoms with Crippen LogP contribution in [0.25, 0.3) is 10.9 Å². The van der Waals surface area contributed by atoms with Gasteiger partial charge < -0.3 is 10.5 Å². The molecular formula is C9H8NOZr-. The van der Waals surface area contributed by atoms with Gasteiger partial charge in [-0.15, -0.1) is 5.39 Å². The van der Waals surface area contributed by atoms with Gasteiger partial charge in [0.25, 0.3) is 0 Å². The van der Waals surface area contributed by atoms with Gasteiger partial charge in [-0.2, -0.15) is 12.1 Å². The summed E-state index contributed by atoms with van der Waals surface area (Å²) in [7, 11) is 0. The molecule has 0 atom stereocenters.